The number of benzene rings is 1. The van der Waals surface area contributed by atoms with Crippen molar-refractivity contribution >= 4 is 17.6 Å². The molecule has 2 aromatic heterocycles. The van der Waals surface area contributed by atoms with Crippen molar-refractivity contribution in [1.82, 2.24) is 9.66 Å². The van der Waals surface area contributed by atoms with E-state index in [9.17, 15) is 0 Å². The van der Waals surface area contributed by atoms with Crippen LogP contribution < -0.4 is 14.3 Å². The number of methoxy groups -OCH3 is 2. The van der Waals surface area contributed by atoms with Crippen molar-refractivity contribution in [3.63, 3.8) is 0 Å². The zero-order valence-electron chi connectivity index (χ0n) is 15.8. The van der Waals surface area contributed by atoms with Crippen LogP contribution >= 0.6 is 11.3 Å². The molecule has 0 saturated heterocycles. The first-order valence-corrected chi connectivity index (χ1v) is 9.41. The molecule has 0 N–H and O–H groups in total. The molecular formula is C20H22N4O2S. The van der Waals surface area contributed by atoms with Crippen molar-refractivity contribution in [2.45, 2.75) is 19.9 Å². The van der Waals surface area contributed by atoms with Gasteiger partial charge in [-0.15, -0.1) is 11.3 Å². The van der Waals surface area contributed by atoms with Crippen LogP contribution in [0.4, 0.5) is 0 Å². The van der Waals surface area contributed by atoms with E-state index in [1.54, 1.807) is 44.2 Å². The molecule has 27 heavy (non-hydrogen) atoms. The van der Waals surface area contributed by atoms with Gasteiger partial charge in [-0.2, -0.15) is 5.10 Å². The van der Waals surface area contributed by atoms with E-state index in [1.807, 2.05) is 54.2 Å². The van der Waals surface area contributed by atoms with Gasteiger partial charge in [0.25, 0.3) is 0 Å². The molecule has 6 nitrogen and oxygen atoms in total. The van der Waals surface area contributed by atoms with Gasteiger partial charge < -0.3 is 9.47 Å². The SMILES string of the molecule is COc1ccc(-c2csc(=NC(C)C)n2N=Cc2ccncc2)c(OC)c1. The first-order valence-electron chi connectivity index (χ1n) is 8.53. The fourth-order valence-corrected chi connectivity index (χ4v) is 3.45. The maximum Gasteiger partial charge on any atom is 0.206 e. The van der Waals surface area contributed by atoms with Crippen LogP contribution in [0.15, 0.2) is 58.2 Å². The molecule has 0 amide bonds. The first-order chi connectivity index (χ1) is 13.1. The Hall–Kier alpha value is -2.93. The highest BCUT2D eigenvalue weighted by molar-refractivity contribution is 7.07. The predicted octanol–water partition coefficient (Wildman–Crippen LogP) is 3.82. The van der Waals surface area contributed by atoms with E-state index in [-0.39, 0.29) is 6.04 Å². The summed E-state index contributed by atoms with van der Waals surface area (Å²) in [6.45, 7) is 4.09. The maximum atomic E-state index is 5.57. The van der Waals surface area contributed by atoms with Crippen molar-refractivity contribution in [2.24, 2.45) is 10.1 Å². The average molecular weight is 382 g/mol. The highest BCUT2D eigenvalue weighted by Crippen LogP contribution is 2.33. The molecule has 140 valence electrons. The van der Waals surface area contributed by atoms with Crippen LogP contribution in [0.5, 0.6) is 11.5 Å². The van der Waals surface area contributed by atoms with Gasteiger partial charge in [0.15, 0.2) is 0 Å². The molecule has 0 atom stereocenters. The van der Waals surface area contributed by atoms with Gasteiger partial charge in [0.05, 0.1) is 26.1 Å². The number of aromatic nitrogens is 2. The zero-order valence-corrected chi connectivity index (χ0v) is 16.6. The Labute approximate surface area is 162 Å². The van der Waals surface area contributed by atoms with Gasteiger partial charge in [-0.1, -0.05) is 0 Å². The van der Waals surface area contributed by atoms with Crippen molar-refractivity contribution in [2.75, 3.05) is 14.2 Å². The van der Waals surface area contributed by atoms with E-state index in [0.29, 0.717) is 0 Å². The van der Waals surface area contributed by atoms with Crippen LogP contribution in [0, 0.1) is 0 Å². The molecule has 0 unspecified atom stereocenters. The van der Waals surface area contributed by atoms with Crippen LogP contribution in [0.25, 0.3) is 11.3 Å². The summed E-state index contributed by atoms with van der Waals surface area (Å²) in [5.74, 6) is 1.46. The van der Waals surface area contributed by atoms with E-state index in [4.69, 9.17) is 14.5 Å². The highest BCUT2D eigenvalue weighted by atomic mass is 32.1. The van der Waals surface area contributed by atoms with Crippen LogP contribution in [0.2, 0.25) is 0 Å². The minimum absolute atomic E-state index is 0.164. The van der Waals surface area contributed by atoms with E-state index in [0.717, 1.165) is 33.1 Å². The lowest BCUT2D eigenvalue weighted by molar-refractivity contribution is 0.395. The molecule has 0 bridgehead atoms. The summed E-state index contributed by atoms with van der Waals surface area (Å²) < 4.78 is 12.7. The van der Waals surface area contributed by atoms with Crippen LogP contribution in [-0.2, 0) is 0 Å². The maximum absolute atomic E-state index is 5.57. The summed E-state index contributed by atoms with van der Waals surface area (Å²) in [6.07, 6.45) is 5.28. The average Bonchev–Trinajstić information content (AvgIpc) is 3.08. The standard InChI is InChI=1S/C20H22N4O2S/c1-14(2)23-20-24(22-12-15-7-9-21-10-8-15)18(13-27-20)17-6-5-16(25-3)11-19(17)26-4/h5-14H,1-4H3. The lowest BCUT2D eigenvalue weighted by atomic mass is 10.1. The highest BCUT2D eigenvalue weighted by Gasteiger charge is 2.14. The lowest BCUT2D eigenvalue weighted by Gasteiger charge is -2.11. The van der Waals surface area contributed by atoms with Gasteiger partial charge in [-0.05, 0) is 43.7 Å². The zero-order chi connectivity index (χ0) is 19.2. The van der Waals surface area contributed by atoms with Crippen molar-refractivity contribution in [3.8, 4) is 22.8 Å². The molecule has 0 aliphatic rings. The van der Waals surface area contributed by atoms with Gasteiger partial charge in [-0.3, -0.25) is 9.98 Å². The summed E-state index contributed by atoms with van der Waals surface area (Å²) in [4.78, 5) is 9.56. The lowest BCUT2D eigenvalue weighted by Crippen LogP contribution is -2.14. The smallest absolute Gasteiger partial charge is 0.206 e. The van der Waals surface area contributed by atoms with Crippen molar-refractivity contribution in [1.29, 1.82) is 0 Å². The van der Waals surface area contributed by atoms with Crippen molar-refractivity contribution < 1.29 is 9.47 Å². The number of nitrogens with zero attached hydrogens (tertiary/aromatic N) is 4. The molecule has 0 saturated carbocycles. The fraction of sp³-hybridized carbons (Fsp3) is 0.250. The summed E-state index contributed by atoms with van der Waals surface area (Å²) in [7, 11) is 3.28. The fourth-order valence-electron chi connectivity index (χ4n) is 2.49. The number of thiazole rings is 1. The third-order valence-electron chi connectivity index (χ3n) is 3.77. The van der Waals surface area contributed by atoms with Crippen LogP contribution in [0.3, 0.4) is 0 Å². The van der Waals surface area contributed by atoms with E-state index in [1.165, 1.54) is 0 Å². The second kappa shape index (κ2) is 8.64. The van der Waals surface area contributed by atoms with Gasteiger partial charge in [0, 0.05) is 35.4 Å². The first kappa shape index (κ1) is 18.8. The molecule has 0 aliphatic carbocycles. The largest absolute Gasteiger partial charge is 0.497 e. The van der Waals surface area contributed by atoms with Gasteiger partial charge >= 0.3 is 0 Å². The number of hydrogen-bond donors (Lipinski definition) is 0. The minimum atomic E-state index is 0.164. The summed E-state index contributed by atoms with van der Waals surface area (Å²) in [5.41, 5.74) is 2.79. The molecule has 0 radical (unpaired) electrons. The summed E-state index contributed by atoms with van der Waals surface area (Å²) >= 11 is 1.55. The monoisotopic (exact) mass is 382 g/mol. The van der Waals surface area contributed by atoms with Crippen molar-refractivity contribution in [3.05, 3.63) is 58.5 Å². The molecular weight excluding hydrogens is 360 g/mol. The molecule has 3 rings (SSSR count). The molecule has 2 heterocycles. The van der Waals surface area contributed by atoms with Gasteiger partial charge in [0.2, 0.25) is 4.80 Å². The number of pyridine rings is 1. The second-order valence-corrected chi connectivity index (χ2v) is 6.87. The molecule has 0 aliphatic heterocycles. The Kier molecular flexibility index (Phi) is 6.03. The van der Waals surface area contributed by atoms with Gasteiger partial charge in [-0.25, -0.2) is 4.68 Å². The molecule has 3 aromatic rings. The summed E-state index contributed by atoms with van der Waals surface area (Å²) in [6, 6.07) is 9.72. The Bertz CT molecular complexity index is 991. The summed E-state index contributed by atoms with van der Waals surface area (Å²) in [5, 5.41) is 6.71. The van der Waals surface area contributed by atoms with E-state index < -0.39 is 0 Å². The normalized spacial score (nSPS) is 12.1. The number of ether oxygens (including phenoxy) is 2. The van der Waals surface area contributed by atoms with E-state index >= 15 is 0 Å². The quantitative estimate of drug-likeness (QED) is 0.609. The Balaban J connectivity index is 2.14. The number of hydrogen-bond acceptors (Lipinski definition) is 6. The Morgan fingerprint density at radius 3 is 2.56 bits per heavy atom. The van der Waals surface area contributed by atoms with Crippen LogP contribution in [-0.4, -0.2) is 36.1 Å². The second-order valence-electron chi connectivity index (χ2n) is 6.03. The topological polar surface area (TPSA) is 61.0 Å². The van der Waals surface area contributed by atoms with Crippen LogP contribution in [0.1, 0.15) is 19.4 Å². The molecule has 7 heteroatoms. The van der Waals surface area contributed by atoms with E-state index in [2.05, 4.69) is 10.1 Å². The molecule has 0 spiro atoms. The van der Waals surface area contributed by atoms with Gasteiger partial charge in [0.1, 0.15) is 11.5 Å². The third kappa shape index (κ3) is 4.43. The minimum Gasteiger partial charge on any atom is -0.497 e. The molecule has 1 aromatic carbocycles. The Morgan fingerprint density at radius 1 is 1.11 bits per heavy atom. The number of rotatable bonds is 6. The predicted molar refractivity (Wildman–Crippen MR) is 109 cm³/mol. The molecule has 0 fully saturated rings. The third-order valence-corrected chi connectivity index (χ3v) is 4.60. The Morgan fingerprint density at radius 2 is 1.89 bits per heavy atom.